The summed E-state index contributed by atoms with van der Waals surface area (Å²) in [5.74, 6) is -0.121. The lowest BCUT2D eigenvalue weighted by molar-refractivity contribution is -0.132. The number of benzene rings is 1. The Morgan fingerprint density at radius 1 is 1.50 bits per heavy atom. The minimum atomic E-state index is -0.888. The molecule has 86 valence electrons. The molecule has 1 N–H and O–H groups in total. The molecule has 4 heteroatoms. The van der Waals surface area contributed by atoms with E-state index in [2.05, 4.69) is 15.9 Å². The van der Waals surface area contributed by atoms with Crippen LogP contribution in [0.15, 0.2) is 40.4 Å². The third-order valence-electron chi connectivity index (χ3n) is 2.00. The van der Waals surface area contributed by atoms with Gasteiger partial charge in [-0.3, -0.25) is 0 Å². The number of halogens is 1. The van der Waals surface area contributed by atoms with Gasteiger partial charge in [0.25, 0.3) is 0 Å². The third-order valence-corrected chi connectivity index (χ3v) is 2.66. The fourth-order valence-electron chi connectivity index (χ4n) is 1.09. The molecule has 0 bridgehead atoms. The van der Waals surface area contributed by atoms with Crippen molar-refractivity contribution < 1.29 is 14.6 Å². The molecule has 0 unspecified atom stereocenters. The molecule has 0 aliphatic heterocycles. The van der Waals surface area contributed by atoms with Crippen LogP contribution in [0.4, 0.5) is 0 Å². The molecule has 3 nitrogen and oxygen atoms in total. The lowest BCUT2D eigenvalue weighted by atomic mass is 10.2. The summed E-state index contributed by atoms with van der Waals surface area (Å²) in [6, 6.07) is 7.55. The SMILES string of the molecule is CC(=CCCOc1ccccc1Br)C(=O)O. The van der Waals surface area contributed by atoms with Gasteiger partial charge in [-0.25, -0.2) is 4.79 Å². The number of carboxylic acid groups (broad SMARTS) is 1. The second-order valence-corrected chi connectivity index (χ2v) is 4.11. The summed E-state index contributed by atoms with van der Waals surface area (Å²) < 4.78 is 6.38. The van der Waals surface area contributed by atoms with Gasteiger partial charge in [-0.05, 0) is 35.0 Å². The van der Waals surface area contributed by atoms with E-state index >= 15 is 0 Å². The molecule has 1 aromatic carbocycles. The van der Waals surface area contributed by atoms with Crippen molar-refractivity contribution in [3.8, 4) is 5.75 Å². The number of ether oxygens (including phenoxy) is 1. The molecule has 1 rings (SSSR count). The molecular weight excluding hydrogens is 272 g/mol. The molecule has 0 atom stereocenters. The quantitative estimate of drug-likeness (QED) is 0.667. The van der Waals surface area contributed by atoms with Gasteiger partial charge in [-0.2, -0.15) is 0 Å². The highest BCUT2D eigenvalue weighted by Gasteiger charge is 2.00. The van der Waals surface area contributed by atoms with Crippen LogP contribution in [0.25, 0.3) is 0 Å². The van der Waals surface area contributed by atoms with Gasteiger partial charge in [-0.1, -0.05) is 18.2 Å². The topological polar surface area (TPSA) is 46.5 Å². The van der Waals surface area contributed by atoms with E-state index in [-0.39, 0.29) is 0 Å². The Labute approximate surface area is 103 Å². The Bertz CT molecular complexity index is 399. The Kier molecular flexibility index (Phi) is 5.05. The summed E-state index contributed by atoms with van der Waals surface area (Å²) in [5.41, 5.74) is 0.343. The zero-order valence-electron chi connectivity index (χ0n) is 8.94. The van der Waals surface area contributed by atoms with Crippen molar-refractivity contribution in [2.24, 2.45) is 0 Å². The van der Waals surface area contributed by atoms with Crippen molar-refractivity contribution in [2.45, 2.75) is 13.3 Å². The van der Waals surface area contributed by atoms with Crippen LogP contribution >= 0.6 is 15.9 Å². The molecule has 0 fully saturated rings. The molecule has 0 spiro atoms. The second-order valence-electron chi connectivity index (χ2n) is 3.26. The fourth-order valence-corrected chi connectivity index (χ4v) is 1.49. The highest BCUT2D eigenvalue weighted by Crippen LogP contribution is 2.23. The Hall–Kier alpha value is -1.29. The summed E-state index contributed by atoms with van der Waals surface area (Å²) >= 11 is 3.37. The van der Waals surface area contributed by atoms with Crippen LogP contribution in [-0.2, 0) is 4.79 Å². The standard InChI is InChI=1S/C12H13BrO3/c1-9(12(14)15)5-4-8-16-11-7-3-2-6-10(11)13/h2-3,5-7H,4,8H2,1H3,(H,14,15). The van der Waals surface area contributed by atoms with Crippen LogP contribution in [0, 0.1) is 0 Å². The van der Waals surface area contributed by atoms with Crippen LogP contribution in [-0.4, -0.2) is 17.7 Å². The molecule has 0 aliphatic carbocycles. The van der Waals surface area contributed by atoms with Crippen LogP contribution in [0.3, 0.4) is 0 Å². The van der Waals surface area contributed by atoms with Gasteiger partial charge < -0.3 is 9.84 Å². The van der Waals surface area contributed by atoms with Gasteiger partial charge in [0.15, 0.2) is 0 Å². The lowest BCUT2D eigenvalue weighted by Crippen LogP contribution is -1.99. The van der Waals surface area contributed by atoms with Crippen LogP contribution in [0.1, 0.15) is 13.3 Å². The Balaban J connectivity index is 2.40. The zero-order chi connectivity index (χ0) is 12.0. The molecule has 0 aliphatic rings. The molecule has 0 aromatic heterocycles. The smallest absolute Gasteiger partial charge is 0.330 e. The van der Waals surface area contributed by atoms with E-state index in [4.69, 9.17) is 9.84 Å². The van der Waals surface area contributed by atoms with E-state index in [9.17, 15) is 4.79 Å². The van der Waals surface area contributed by atoms with E-state index < -0.39 is 5.97 Å². The largest absolute Gasteiger partial charge is 0.492 e. The van der Waals surface area contributed by atoms with Gasteiger partial charge in [0.1, 0.15) is 5.75 Å². The molecule has 16 heavy (non-hydrogen) atoms. The molecule has 0 saturated heterocycles. The summed E-state index contributed by atoms with van der Waals surface area (Å²) in [5, 5.41) is 8.63. The van der Waals surface area contributed by atoms with Gasteiger partial charge in [0.2, 0.25) is 0 Å². The first kappa shape index (κ1) is 12.8. The average molecular weight is 285 g/mol. The maximum atomic E-state index is 10.5. The van der Waals surface area contributed by atoms with E-state index in [0.29, 0.717) is 18.6 Å². The van der Waals surface area contributed by atoms with Gasteiger partial charge >= 0.3 is 5.97 Å². The molecule has 0 heterocycles. The first-order valence-electron chi connectivity index (χ1n) is 4.88. The number of rotatable bonds is 5. The minimum absolute atomic E-state index is 0.343. The molecule has 1 aromatic rings. The predicted molar refractivity (Wildman–Crippen MR) is 65.6 cm³/mol. The van der Waals surface area contributed by atoms with Gasteiger partial charge in [0, 0.05) is 12.0 Å². The average Bonchev–Trinajstić information content (AvgIpc) is 2.26. The predicted octanol–water partition coefficient (Wildman–Crippen LogP) is 3.25. The maximum absolute atomic E-state index is 10.5. The van der Waals surface area contributed by atoms with E-state index in [1.807, 2.05) is 24.3 Å². The zero-order valence-corrected chi connectivity index (χ0v) is 10.5. The number of para-hydroxylation sites is 1. The van der Waals surface area contributed by atoms with Crippen molar-refractivity contribution >= 4 is 21.9 Å². The van der Waals surface area contributed by atoms with Crippen LogP contribution < -0.4 is 4.74 Å². The molecule has 0 amide bonds. The Morgan fingerprint density at radius 2 is 2.19 bits per heavy atom. The Morgan fingerprint density at radius 3 is 2.81 bits per heavy atom. The second kappa shape index (κ2) is 6.33. The van der Waals surface area contributed by atoms with Crippen molar-refractivity contribution in [1.82, 2.24) is 0 Å². The first-order valence-corrected chi connectivity index (χ1v) is 5.68. The molecular formula is C12H13BrO3. The van der Waals surface area contributed by atoms with Crippen LogP contribution in [0.5, 0.6) is 5.75 Å². The van der Waals surface area contributed by atoms with Crippen molar-refractivity contribution in [1.29, 1.82) is 0 Å². The highest BCUT2D eigenvalue weighted by atomic mass is 79.9. The normalized spacial score (nSPS) is 11.2. The van der Waals surface area contributed by atoms with Crippen molar-refractivity contribution in [2.75, 3.05) is 6.61 Å². The summed E-state index contributed by atoms with van der Waals surface area (Å²) in [7, 11) is 0. The highest BCUT2D eigenvalue weighted by molar-refractivity contribution is 9.10. The number of carbonyl (C=O) groups is 1. The van der Waals surface area contributed by atoms with E-state index in [1.54, 1.807) is 13.0 Å². The van der Waals surface area contributed by atoms with E-state index in [1.165, 1.54) is 0 Å². The number of carboxylic acids is 1. The summed E-state index contributed by atoms with van der Waals surface area (Å²) in [4.78, 5) is 10.5. The fraction of sp³-hybridized carbons (Fsp3) is 0.250. The van der Waals surface area contributed by atoms with Crippen LogP contribution in [0.2, 0.25) is 0 Å². The molecule has 0 saturated carbocycles. The van der Waals surface area contributed by atoms with Gasteiger partial charge in [-0.15, -0.1) is 0 Å². The first-order chi connectivity index (χ1) is 7.61. The minimum Gasteiger partial charge on any atom is -0.492 e. The van der Waals surface area contributed by atoms with Gasteiger partial charge in [0.05, 0.1) is 11.1 Å². The maximum Gasteiger partial charge on any atom is 0.330 e. The van der Waals surface area contributed by atoms with E-state index in [0.717, 1.165) is 10.2 Å². The van der Waals surface area contributed by atoms with Crippen molar-refractivity contribution in [3.63, 3.8) is 0 Å². The lowest BCUT2D eigenvalue weighted by Gasteiger charge is -2.06. The number of hydrogen-bond donors (Lipinski definition) is 1. The third kappa shape index (κ3) is 4.06. The number of hydrogen-bond acceptors (Lipinski definition) is 2. The molecule has 0 radical (unpaired) electrons. The monoisotopic (exact) mass is 284 g/mol. The van der Waals surface area contributed by atoms with Crippen molar-refractivity contribution in [3.05, 3.63) is 40.4 Å². The summed E-state index contributed by atoms with van der Waals surface area (Å²) in [6.45, 7) is 2.04. The number of aliphatic carboxylic acids is 1. The summed E-state index contributed by atoms with van der Waals surface area (Å²) in [6.07, 6.45) is 2.23.